The van der Waals surface area contributed by atoms with E-state index in [-0.39, 0.29) is 29.2 Å². The van der Waals surface area contributed by atoms with Crippen molar-refractivity contribution in [1.29, 1.82) is 0 Å². The zero-order valence-corrected chi connectivity index (χ0v) is 23.0. The Morgan fingerprint density at radius 1 is 0.951 bits per heavy atom. The van der Waals surface area contributed by atoms with E-state index >= 15 is 0 Å². The lowest BCUT2D eigenvalue weighted by Gasteiger charge is -2.38. The number of benzene rings is 3. The van der Waals surface area contributed by atoms with Crippen molar-refractivity contribution in [2.24, 2.45) is 0 Å². The van der Waals surface area contributed by atoms with Gasteiger partial charge in [0.15, 0.2) is 0 Å². The number of aromatic hydroxyl groups is 1. The molecule has 0 spiro atoms. The average molecular weight is 558 g/mol. The number of hydrogen-bond acceptors (Lipinski definition) is 7. The van der Waals surface area contributed by atoms with Crippen LogP contribution >= 0.6 is 0 Å². The number of ether oxygens (including phenoxy) is 3. The molecule has 9 nitrogen and oxygen atoms in total. The number of rotatable bonds is 3. The van der Waals surface area contributed by atoms with Crippen LogP contribution in [0.4, 0.5) is 0 Å². The molecule has 3 aromatic carbocycles. The Morgan fingerprint density at radius 2 is 1.78 bits per heavy atom. The maximum atomic E-state index is 13.7. The molecular weight excluding hydrogens is 522 g/mol. The van der Waals surface area contributed by atoms with Gasteiger partial charge in [-0.05, 0) is 72.0 Å². The molecule has 1 saturated heterocycles. The van der Waals surface area contributed by atoms with Gasteiger partial charge in [0.2, 0.25) is 5.91 Å². The van der Waals surface area contributed by atoms with Crippen LogP contribution in [-0.2, 0) is 16.0 Å². The average Bonchev–Trinajstić information content (AvgIpc) is 3.00. The summed E-state index contributed by atoms with van der Waals surface area (Å²) in [4.78, 5) is 30.7. The first-order chi connectivity index (χ1) is 20.0. The molecule has 3 aromatic rings. The fourth-order valence-corrected chi connectivity index (χ4v) is 5.75. The van der Waals surface area contributed by atoms with E-state index in [0.29, 0.717) is 69.4 Å². The van der Waals surface area contributed by atoms with Crippen molar-refractivity contribution in [2.45, 2.75) is 25.3 Å². The lowest BCUT2D eigenvalue weighted by Crippen LogP contribution is -2.43. The van der Waals surface area contributed by atoms with Crippen LogP contribution in [0.3, 0.4) is 0 Å². The third-order valence-electron chi connectivity index (χ3n) is 7.91. The Labute approximate surface area is 239 Å². The largest absolute Gasteiger partial charge is 0.507 e. The van der Waals surface area contributed by atoms with Crippen LogP contribution in [0, 0.1) is 0 Å². The lowest BCUT2D eigenvalue weighted by atomic mass is 9.87. The minimum Gasteiger partial charge on any atom is -0.507 e. The Kier molecular flexibility index (Phi) is 8.07. The van der Waals surface area contributed by atoms with Crippen molar-refractivity contribution >= 4 is 11.8 Å². The molecule has 1 fully saturated rings. The van der Waals surface area contributed by atoms with Gasteiger partial charge < -0.3 is 29.5 Å². The highest BCUT2D eigenvalue weighted by molar-refractivity contribution is 5.97. The topological polar surface area (TPSA) is 101 Å². The minimum absolute atomic E-state index is 0.107. The van der Waals surface area contributed by atoms with E-state index in [0.717, 1.165) is 36.3 Å². The summed E-state index contributed by atoms with van der Waals surface area (Å²) in [5, 5.41) is 13.1. The van der Waals surface area contributed by atoms with Crippen molar-refractivity contribution < 1.29 is 28.9 Å². The van der Waals surface area contributed by atoms with Crippen LogP contribution in [-0.4, -0.2) is 79.3 Å². The van der Waals surface area contributed by atoms with Crippen LogP contribution in [0.2, 0.25) is 0 Å². The van der Waals surface area contributed by atoms with Gasteiger partial charge in [0.25, 0.3) is 5.91 Å². The summed E-state index contributed by atoms with van der Waals surface area (Å²) in [7, 11) is 0. The summed E-state index contributed by atoms with van der Waals surface area (Å²) in [5.74, 6) is 1.45. The highest BCUT2D eigenvalue weighted by Crippen LogP contribution is 2.39. The van der Waals surface area contributed by atoms with Crippen LogP contribution in [0.25, 0.3) is 0 Å². The van der Waals surface area contributed by atoms with Crippen molar-refractivity contribution in [1.82, 2.24) is 15.1 Å². The first-order valence-corrected chi connectivity index (χ1v) is 14.3. The molecule has 4 aliphatic heterocycles. The third kappa shape index (κ3) is 6.16. The smallest absolute Gasteiger partial charge is 0.255 e. The predicted molar refractivity (Wildman–Crippen MR) is 153 cm³/mol. The number of carbonyl (C=O) groups is 2. The van der Waals surface area contributed by atoms with Gasteiger partial charge >= 0.3 is 0 Å². The maximum absolute atomic E-state index is 13.7. The molecule has 0 aromatic heterocycles. The molecule has 0 aliphatic carbocycles. The highest BCUT2D eigenvalue weighted by Gasteiger charge is 2.33. The molecule has 4 aliphatic rings. The molecule has 7 rings (SSSR count). The third-order valence-corrected chi connectivity index (χ3v) is 7.91. The molecule has 4 heterocycles. The van der Waals surface area contributed by atoms with Crippen LogP contribution < -0.4 is 14.8 Å². The number of nitrogens with one attached hydrogen (secondary N) is 1. The molecule has 9 heteroatoms. The second-order valence-electron chi connectivity index (χ2n) is 10.6. The van der Waals surface area contributed by atoms with Gasteiger partial charge in [-0.3, -0.25) is 14.5 Å². The Morgan fingerprint density at radius 3 is 2.66 bits per heavy atom. The van der Waals surface area contributed by atoms with Crippen molar-refractivity contribution in [2.75, 3.05) is 52.5 Å². The summed E-state index contributed by atoms with van der Waals surface area (Å²) >= 11 is 0. The standard InChI is InChI=1S/C32H35N3O6/c36-29-8-6-26-21-28(29)32(38)33-11-2-16-40-24-4-1-3-23(20-24)31-27-7-5-25(41-26)19-22(27)9-13-35(31)30(37)10-12-34-14-17-39-18-15-34/h1,3-8,19-21,31,36H,2,9-18H2,(H,33,38). The number of hydrogen-bond donors (Lipinski definition) is 2. The zero-order chi connectivity index (χ0) is 28.2. The second-order valence-corrected chi connectivity index (χ2v) is 10.6. The molecule has 1 atom stereocenters. The minimum atomic E-state index is -0.372. The first-order valence-electron chi connectivity index (χ1n) is 14.3. The number of morpholine rings is 1. The molecule has 0 radical (unpaired) electrons. The molecule has 214 valence electrons. The maximum Gasteiger partial charge on any atom is 0.255 e. The molecule has 41 heavy (non-hydrogen) atoms. The van der Waals surface area contributed by atoms with Gasteiger partial charge in [-0.15, -0.1) is 0 Å². The number of fused-ring (bicyclic) bond motifs is 6. The fraction of sp³-hybridized carbons (Fsp3) is 0.375. The van der Waals surface area contributed by atoms with Crippen LogP contribution in [0.15, 0.2) is 60.7 Å². The van der Waals surface area contributed by atoms with Crippen molar-refractivity contribution in [3.8, 4) is 23.0 Å². The molecule has 2 amide bonds. The van der Waals surface area contributed by atoms with E-state index in [2.05, 4.69) is 16.3 Å². The molecule has 0 saturated carbocycles. The Bertz CT molecular complexity index is 1420. The van der Waals surface area contributed by atoms with E-state index in [1.165, 1.54) is 6.07 Å². The zero-order valence-electron chi connectivity index (χ0n) is 23.0. The number of nitrogens with zero attached hydrogens (tertiary/aromatic N) is 2. The predicted octanol–water partition coefficient (Wildman–Crippen LogP) is 3.89. The van der Waals surface area contributed by atoms with Gasteiger partial charge in [0.1, 0.15) is 23.0 Å². The van der Waals surface area contributed by atoms with Gasteiger partial charge in [-0.1, -0.05) is 18.2 Å². The monoisotopic (exact) mass is 557 g/mol. The van der Waals surface area contributed by atoms with E-state index in [4.69, 9.17) is 14.2 Å². The fourth-order valence-electron chi connectivity index (χ4n) is 5.75. The van der Waals surface area contributed by atoms with Crippen LogP contribution in [0.5, 0.6) is 23.0 Å². The number of phenolic OH excluding ortho intramolecular Hbond substituents is 1. The van der Waals surface area contributed by atoms with Crippen LogP contribution in [0.1, 0.15) is 45.9 Å². The SMILES string of the molecule is O=C1NCCCOc2cccc(c2)C2c3ccc(cc3CCN2C(=O)CCN2CCOCC2)Oc2ccc(O)c1c2. The normalized spacial score (nSPS) is 19.4. The summed E-state index contributed by atoms with van der Waals surface area (Å²) in [6.45, 7) is 5.25. The van der Waals surface area contributed by atoms with E-state index in [1.807, 2.05) is 41.3 Å². The van der Waals surface area contributed by atoms with Crippen molar-refractivity contribution in [3.63, 3.8) is 0 Å². The van der Waals surface area contributed by atoms with Gasteiger partial charge in [0.05, 0.1) is 31.4 Å². The lowest BCUT2D eigenvalue weighted by molar-refractivity contribution is -0.133. The summed E-state index contributed by atoms with van der Waals surface area (Å²) in [5.41, 5.74) is 3.32. The molecule has 1 unspecified atom stereocenters. The van der Waals surface area contributed by atoms with E-state index < -0.39 is 0 Å². The number of carbonyl (C=O) groups excluding carboxylic acids is 2. The summed E-state index contributed by atoms with van der Waals surface area (Å²) in [6.07, 6.45) is 1.75. The van der Waals surface area contributed by atoms with Gasteiger partial charge in [-0.2, -0.15) is 0 Å². The summed E-state index contributed by atoms with van der Waals surface area (Å²) < 4.78 is 17.6. The second kappa shape index (κ2) is 12.2. The van der Waals surface area contributed by atoms with Gasteiger partial charge in [0, 0.05) is 39.1 Å². The number of phenols is 1. The quantitative estimate of drug-likeness (QED) is 0.504. The Hall–Kier alpha value is -4.08. The van der Waals surface area contributed by atoms with E-state index in [1.54, 1.807) is 12.1 Å². The molecule has 2 N–H and O–H groups in total. The first kappa shape index (κ1) is 27.1. The van der Waals surface area contributed by atoms with Crippen molar-refractivity contribution in [3.05, 3.63) is 82.9 Å². The van der Waals surface area contributed by atoms with E-state index in [9.17, 15) is 14.7 Å². The Balaban J connectivity index is 1.33. The highest BCUT2D eigenvalue weighted by atomic mass is 16.5. The summed E-state index contributed by atoms with van der Waals surface area (Å²) in [6, 6.07) is 18.3. The number of amides is 2. The molecular formula is C32H35N3O6. The molecule has 8 bridgehead atoms. The van der Waals surface area contributed by atoms with Gasteiger partial charge in [-0.25, -0.2) is 0 Å².